The van der Waals surface area contributed by atoms with Crippen molar-refractivity contribution in [3.8, 4) is 0 Å². The third-order valence-electron chi connectivity index (χ3n) is 2.11. The van der Waals surface area contributed by atoms with Crippen molar-refractivity contribution in [1.82, 2.24) is 15.0 Å². The van der Waals surface area contributed by atoms with Gasteiger partial charge in [-0.15, -0.1) is 0 Å². The molecule has 4 nitrogen and oxygen atoms in total. The molecule has 0 atom stereocenters. The maximum Gasteiger partial charge on any atom is 0.190 e. The van der Waals surface area contributed by atoms with Crippen molar-refractivity contribution in [2.24, 2.45) is 0 Å². The summed E-state index contributed by atoms with van der Waals surface area (Å²) >= 11 is 7.50. The first-order valence-electron chi connectivity index (χ1n) is 4.44. The topological polar surface area (TPSA) is 61.8 Å². The normalized spacial score (nSPS) is 11.1. The van der Waals surface area contributed by atoms with Gasteiger partial charge in [-0.3, -0.25) is 0 Å². The first-order chi connectivity index (χ1) is 7.26. The van der Waals surface area contributed by atoms with Crippen LogP contribution in [0, 0.1) is 0 Å². The maximum absolute atomic E-state index is 8.89. The Labute approximate surface area is 96.1 Å². The number of H-pyrrole nitrogens is 1. The number of nitrogens with one attached hydrogen (secondary N) is 1. The number of aliphatic hydroxyl groups excluding tert-OH is 1. The summed E-state index contributed by atoms with van der Waals surface area (Å²) in [6.07, 6.45) is 4.27. The van der Waals surface area contributed by atoms with E-state index in [0.29, 0.717) is 16.7 Å². The molecular formula is C9H10ClN3OS. The zero-order valence-corrected chi connectivity index (χ0v) is 9.69. The van der Waals surface area contributed by atoms with Crippen LogP contribution in [-0.4, -0.2) is 32.9 Å². The van der Waals surface area contributed by atoms with Gasteiger partial charge in [0.2, 0.25) is 0 Å². The number of nitrogens with zero attached hydrogens (tertiary/aromatic N) is 2. The van der Waals surface area contributed by atoms with Gasteiger partial charge >= 0.3 is 0 Å². The number of aromatic nitrogens is 3. The van der Waals surface area contributed by atoms with E-state index in [1.54, 1.807) is 0 Å². The molecule has 0 aromatic carbocycles. The molecule has 2 heterocycles. The Hall–Kier alpha value is -0.780. The first kappa shape index (κ1) is 10.7. The largest absolute Gasteiger partial charge is 0.396 e. The molecule has 0 aliphatic heterocycles. The number of hydrogen-bond donors (Lipinski definition) is 2. The van der Waals surface area contributed by atoms with Crippen molar-refractivity contribution in [2.45, 2.75) is 11.6 Å². The molecule has 0 spiro atoms. The summed E-state index contributed by atoms with van der Waals surface area (Å²) in [6, 6.07) is 0. The highest BCUT2D eigenvalue weighted by Gasteiger charge is 2.11. The fraction of sp³-hybridized carbons (Fsp3) is 0.333. The molecule has 0 radical (unpaired) electrons. The van der Waals surface area contributed by atoms with Gasteiger partial charge in [0.1, 0.15) is 10.8 Å². The van der Waals surface area contributed by atoms with E-state index in [-0.39, 0.29) is 6.61 Å². The van der Waals surface area contributed by atoms with Crippen LogP contribution in [0.4, 0.5) is 0 Å². The highest BCUT2D eigenvalue weighted by Crippen LogP contribution is 2.26. The molecule has 0 amide bonds. The Morgan fingerprint density at radius 2 is 2.33 bits per heavy atom. The van der Waals surface area contributed by atoms with Gasteiger partial charge in [-0.25, -0.2) is 9.97 Å². The molecule has 0 aliphatic carbocycles. The standard InChI is InChI=1S/C9H10ClN3OS/c1-15-9-12-7(10)6-5(2-3-14)4-11-8(6)13-9/h4,14H,2-3H2,1H3,(H,11,12,13). The molecule has 2 aromatic rings. The molecule has 2 N–H and O–H groups in total. The van der Waals surface area contributed by atoms with Crippen molar-refractivity contribution >= 4 is 34.4 Å². The second-order valence-electron chi connectivity index (χ2n) is 3.01. The molecule has 0 unspecified atom stereocenters. The summed E-state index contributed by atoms with van der Waals surface area (Å²) in [5.74, 6) is 0. The van der Waals surface area contributed by atoms with Crippen LogP contribution < -0.4 is 0 Å². The summed E-state index contributed by atoms with van der Waals surface area (Å²) in [7, 11) is 0. The third kappa shape index (κ3) is 1.95. The molecule has 6 heteroatoms. The maximum atomic E-state index is 8.89. The molecule has 2 rings (SSSR count). The van der Waals surface area contributed by atoms with E-state index in [0.717, 1.165) is 16.6 Å². The van der Waals surface area contributed by atoms with Crippen LogP contribution in [0.1, 0.15) is 5.56 Å². The second-order valence-corrected chi connectivity index (χ2v) is 4.14. The molecule has 15 heavy (non-hydrogen) atoms. The molecule has 0 saturated heterocycles. The number of thioether (sulfide) groups is 1. The predicted octanol–water partition coefficient (Wildman–Crippen LogP) is 1.87. The number of fused-ring (bicyclic) bond motifs is 1. The van der Waals surface area contributed by atoms with Gasteiger partial charge < -0.3 is 10.1 Å². The Kier molecular flexibility index (Phi) is 3.14. The molecule has 80 valence electrons. The monoisotopic (exact) mass is 243 g/mol. The van der Waals surface area contributed by atoms with E-state index in [1.165, 1.54) is 11.8 Å². The van der Waals surface area contributed by atoms with Crippen LogP contribution >= 0.6 is 23.4 Å². The fourth-order valence-electron chi connectivity index (χ4n) is 1.44. The Morgan fingerprint density at radius 1 is 1.53 bits per heavy atom. The number of hydrogen-bond acceptors (Lipinski definition) is 4. The SMILES string of the molecule is CSc1nc(Cl)c2c(CCO)c[nH]c2n1. The molecule has 0 bridgehead atoms. The van der Waals surface area contributed by atoms with Gasteiger partial charge in [0.25, 0.3) is 0 Å². The van der Waals surface area contributed by atoms with Crippen LogP contribution in [0.15, 0.2) is 11.4 Å². The summed E-state index contributed by atoms with van der Waals surface area (Å²) < 4.78 is 0. The van der Waals surface area contributed by atoms with Crippen LogP contribution in [0.25, 0.3) is 11.0 Å². The number of halogens is 1. The minimum absolute atomic E-state index is 0.0908. The smallest absolute Gasteiger partial charge is 0.190 e. The molecule has 0 fully saturated rings. The predicted molar refractivity (Wildman–Crippen MR) is 61.5 cm³/mol. The van der Waals surface area contributed by atoms with Crippen molar-refractivity contribution in [3.05, 3.63) is 16.9 Å². The first-order valence-corrected chi connectivity index (χ1v) is 6.05. The van der Waals surface area contributed by atoms with E-state index in [9.17, 15) is 0 Å². The lowest BCUT2D eigenvalue weighted by Crippen LogP contribution is -1.92. The van der Waals surface area contributed by atoms with E-state index >= 15 is 0 Å². The van der Waals surface area contributed by atoms with E-state index < -0.39 is 0 Å². The highest BCUT2D eigenvalue weighted by atomic mass is 35.5. The van der Waals surface area contributed by atoms with Gasteiger partial charge in [0.15, 0.2) is 5.16 Å². The molecule has 0 saturated carbocycles. The van der Waals surface area contributed by atoms with E-state index in [2.05, 4.69) is 15.0 Å². The van der Waals surface area contributed by atoms with Crippen LogP contribution in [0.2, 0.25) is 5.15 Å². The van der Waals surface area contributed by atoms with E-state index in [4.69, 9.17) is 16.7 Å². The lowest BCUT2D eigenvalue weighted by molar-refractivity contribution is 0.300. The summed E-state index contributed by atoms with van der Waals surface area (Å²) in [4.78, 5) is 11.5. The van der Waals surface area contributed by atoms with Crippen molar-refractivity contribution in [3.63, 3.8) is 0 Å². The van der Waals surface area contributed by atoms with Gasteiger partial charge in [-0.2, -0.15) is 0 Å². The minimum atomic E-state index is 0.0908. The number of aliphatic hydroxyl groups is 1. The van der Waals surface area contributed by atoms with Crippen molar-refractivity contribution < 1.29 is 5.11 Å². The quantitative estimate of drug-likeness (QED) is 0.491. The molecule has 0 aliphatic rings. The van der Waals surface area contributed by atoms with Gasteiger partial charge in [0, 0.05) is 12.8 Å². The second kappa shape index (κ2) is 4.38. The Balaban J connectivity index is 2.60. The Morgan fingerprint density at radius 3 is 3.00 bits per heavy atom. The fourth-order valence-corrected chi connectivity index (χ4v) is 2.15. The van der Waals surface area contributed by atoms with Crippen LogP contribution in [-0.2, 0) is 6.42 Å². The van der Waals surface area contributed by atoms with E-state index in [1.807, 2.05) is 12.5 Å². The van der Waals surface area contributed by atoms with Crippen LogP contribution in [0.5, 0.6) is 0 Å². The summed E-state index contributed by atoms with van der Waals surface area (Å²) in [5, 5.41) is 10.8. The molecule has 2 aromatic heterocycles. The van der Waals surface area contributed by atoms with Gasteiger partial charge in [-0.1, -0.05) is 23.4 Å². The number of rotatable bonds is 3. The van der Waals surface area contributed by atoms with Crippen molar-refractivity contribution in [2.75, 3.05) is 12.9 Å². The third-order valence-corrected chi connectivity index (χ3v) is 2.93. The highest BCUT2D eigenvalue weighted by molar-refractivity contribution is 7.98. The average molecular weight is 244 g/mol. The number of aromatic amines is 1. The zero-order valence-electron chi connectivity index (χ0n) is 8.12. The lowest BCUT2D eigenvalue weighted by atomic mass is 10.2. The molecular weight excluding hydrogens is 234 g/mol. The average Bonchev–Trinajstić information content (AvgIpc) is 2.62. The Bertz CT molecular complexity index is 485. The van der Waals surface area contributed by atoms with Crippen LogP contribution in [0.3, 0.4) is 0 Å². The zero-order chi connectivity index (χ0) is 10.8. The summed E-state index contributed by atoms with van der Waals surface area (Å²) in [5.41, 5.74) is 1.67. The van der Waals surface area contributed by atoms with Gasteiger partial charge in [0.05, 0.1) is 5.39 Å². The summed E-state index contributed by atoms with van der Waals surface area (Å²) in [6.45, 7) is 0.0908. The lowest BCUT2D eigenvalue weighted by Gasteiger charge is -1.99. The van der Waals surface area contributed by atoms with Gasteiger partial charge in [-0.05, 0) is 18.2 Å². The minimum Gasteiger partial charge on any atom is -0.396 e. The van der Waals surface area contributed by atoms with Crippen molar-refractivity contribution in [1.29, 1.82) is 0 Å².